The van der Waals surface area contributed by atoms with Crippen molar-refractivity contribution in [3.8, 4) is 11.5 Å². The summed E-state index contributed by atoms with van der Waals surface area (Å²) in [5, 5.41) is 27.6. The van der Waals surface area contributed by atoms with Crippen molar-refractivity contribution in [3.05, 3.63) is 54.1 Å². The lowest BCUT2D eigenvalue weighted by atomic mass is 9.77. The maximum atomic E-state index is 13.3. The molecule has 9 heteroatoms. The van der Waals surface area contributed by atoms with E-state index in [1.54, 1.807) is 14.2 Å². The highest BCUT2D eigenvalue weighted by Gasteiger charge is 2.53. The average Bonchev–Trinajstić information content (AvgIpc) is 3.17. The highest BCUT2D eigenvalue weighted by molar-refractivity contribution is 7.80. The van der Waals surface area contributed by atoms with Crippen molar-refractivity contribution in [2.45, 2.75) is 37.3 Å². The molecule has 4 N–H and O–H groups in total. The first-order valence-electron chi connectivity index (χ1n) is 10.4. The van der Waals surface area contributed by atoms with Gasteiger partial charge in [-0.3, -0.25) is 4.79 Å². The molecule has 2 fully saturated rings. The van der Waals surface area contributed by atoms with Gasteiger partial charge in [0.05, 0.1) is 38.3 Å². The standard InChI is InChI=1S/C23H27N3O5S/c1-30-15-9-7-14(8-10-15)26-20-16(11-17(27)21(28)19(20)25-23(26)32)22(29)24-12-13-5-3-4-6-18(13)31-2/h3-10,16-17,19-21,27-28H,11-12H2,1-2H3,(H,24,29)(H,25,32)/t16-,17-,19-,20+,21+/m1/s1. The molecule has 0 aromatic heterocycles. The number of thiocarbonyl (C=S) groups is 1. The summed E-state index contributed by atoms with van der Waals surface area (Å²) >= 11 is 5.55. The fraction of sp³-hybridized carbons (Fsp3) is 0.391. The van der Waals surface area contributed by atoms with Crippen LogP contribution in [0, 0.1) is 5.92 Å². The topological polar surface area (TPSA) is 103 Å². The third kappa shape index (κ3) is 4.11. The van der Waals surface area contributed by atoms with E-state index in [1.165, 1.54) is 0 Å². The molecule has 1 saturated heterocycles. The number of anilines is 1. The van der Waals surface area contributed by atoms with Crippen molar-refractivity contribution in [1.29, 1.82) is 0 Å². The number of ether oxygens (including phenoxy) is 2. The molecule has 1 aliphatic carbocycles. The number of rotatable bonds is 6. The minimum absolute atomic E-state index is 0.122. The molecule has 1 amide bonds. The Morgan fingerprint density at radius 1 is 1.16 bits per heavy atom. The number of para-hydroxylation sites is 1. The molecule has 2 aromatic carbocycles. The van der Waals surface area contributed by atoms with E-state index in [0.717, 1.165) is 11.3 Å². The second-order valence-electron chi connectivity index (χ2n) is 7.96. The zero-order chi connectivity index (χ0) is 22.8. The summed E-state index contributed by atoms with van der Waals surface area (Å²) in [4.78, 5) is 15.1. The maximum Gasteiger partial charge on any atom is 0.225 e. The van der Waals surface area contributed by atoms with Crippen LogP contribution in [0.5, 0.6) is 11.5 Å². The van der Waals surface area contributed by atoms with Gasteiger partial charge in [-0.15, -0.1) is 0 Å². The van der Waals surface area contributed by atoms with E-state index < -0.39 is 30.2 Å². The Kier molecular flexibility index (Phi) is 6.50. The molecule has 0 bridgehead atoms. The zero-order valence-electron chi connectivity index (χ0n) is 17.9. The van der Waals surface area contributed by atoms with E-state index in [4.69, 9.17) is 21.7 Å². The number of benzene rings is 2. The third-order valence-corrected chi connectivity index (χ3v) is 6.49. The summed E-state index contributed by atoms with van der Waals surface area (Å²) in [7, 11) is 3.18. The van der Waals surface area contributed by atoms with Gasteiger partial charge in [-0.05, 0) is 49.0 Å². The Hall–Kier alpha value is -2.88. The number of amides is 1. The van der Waals surface area contributed by atoms with Crippen molar-refractivity contribution < 1.29 is 24.5 Å². The molecule has 1 saturated carbocycles. The van der Waals surface area contributed by atoms with Crippen LogP contribution in [-0.4, -0.2) is 59.7 Å². The highest BCUT2D eigenvalue weighted by Crippen LogP contribution is 2.37. The maximum absolute atomic E-state index is 13.3. The SMILES string of the molecule is COc1ccc(N2C(=S)N[C@H]3[C@@H](O)[C@H](O)C[C@@H](C(=O)NCc4ccccc4OC)[C@@H]32)cc1. The Morgan fingerprint density at radius 2 is 1.88 bits per heavy atom. The van der Waals surface area contributed by atoms with E-state index >= 15 is 0 Å². The van der Waals surface area contributed by atoms with Crippen LogP contribution in [-0.2, 0) is 11.3 Å². The summed E-state index contributed by atoms with van der Waals surface area (Å²) in [6.07, 6.45) is -1.96. The molecule has 0 unspecified atom stereocenters. The van der Waals surface area contributed by atoms with E-state index in [-0.39, 0.29) is 18.9 Å². The van der Waals surface area contributed by atoms with Gasteiger partial charge in [-0.2, -0.15) is 0 Å². The molecular weight excluding hydrogens is 430 g/mol. The second kappa shape index (κ2) is 9.32. The second-order valence-corrected chi connectivity index (χ2v) is 8.35. The Balaban J connectivity index is 1.59. The van der Waals surface area contributed by atoms with Crippen LogP contribution in [0.1, 0.15) is 12.0 Å². The summed E-state index contributed by atoms with van der Waals surface area (Å²) < 4.78 is 10.6. The van der Waals surface area contributed by atoms with Gasteiger partial charge in [0, 0.05) is 17.8 Å². The minimum atomic E-state index is -1.04. The fourth-order valence-electron chi connectivity index (χ4n) is 4.55. The van der Waals surface area contributed by atoms with Crippen molar-refractivity contribution in [1.82, 2.24) is 10.6 Å². The molecule has 32 heavy (non-hydrogen) atoms. The van der Waals surface area contributed by atoms with Gasteiger partial charge in [0.25, 0.3) is 0 Å². The normalized spacial score (nSPS) is 26.8. The van der Waals surface area contributed by atoms with E-state index in [1.807, 2.05) is 53.4 Å². The molecule has 8 nitrogen and oxygen atoms in total. The lowest BCUT2D eigenvalue weighted by Crippen LogP contribution is -2.60. The van der Waals surface area contributed by atoms with Crippen molar-refractivity contribution in [3.63, 3.8) is 0 Å². The number of nitrogens with zero attached hydrogens (tertiary/aromatic N) is 1. The van der Waals surface area contributed by atoms with Gasteiger partial charge in [-0.1, -0.05) is 18.2 Å². The molecule has 0 radical (unpaired) electrons. The largest absolute Gasteiger partial charge is 0.497 e. The molecule has 170 valence electrons. The van der Waals surface area contributed by atoms with Crippen LogP contribution in [0.2, 0.25) is 0 Å². The smallest absolute Gasteiger partial charge is 0.225 e. The fourth-order valence-corrected chi connectivity index (χ4v) is 4.91. The van der Waals surface area contributed by atoms with E-state index in [0.29, 0.717) is 16.6 Å². The van der Waals surface area contributed by atoms with E-state index in [9.17, 15) is 15.0 Å². The number of methoxy groups -OCH3 is 2. The lowest BCUT2D eigenvalue weighted by Gasteiger charge is -2.41. The van der Waals surface area contributed by atoms with Crippen LogP contribution >= 0.6 is 12.2 Å². The molecule has 1 aliphatic heterocycles. The van der Waals surface area contributed by atoms with Crippen LogP contribution in [0.3, 0.4) is 0 Å². The molecule has 2 aliphatic rings. The Morgan fingerprint density at radius 3 is 2.56 bits per heavy atom. The lowest BCUT2D eigenvalue weighted by molar-refractivity contribution is -0.131. The first kappa shape index (κ1) is 22.3. The van der Waals surface area contributed by atoms with Crippen LogP contribution in [0.15, 0.2) is 48.5 Å². The Labute approximate surface area is 192 Å². The minimum Gasteiger partial charge on any atom is -0.497 e. The van der Waals surface area contributed by atoms with Crippen molar-refractivity contribution >= 4 is 28.9 Å². The van der Waals surface area contributed by atoms with Gasteiger partial charge in [0.2, 0.25) is 5.91 Å². The molecular formula is C23H27N3O5S. The highest BCUT2D eigenvalue weighted by atomic mass is 32.1. The molecule has 2 aromatic rings. The monoisotopic (exact) mass is 457 g/mol. The van der Waals surface area contributed by atoms with Gasteiger partial charge in [0.1, 0.15) is 17.6 Å². The number of hydrogen-bond donors (Lipinski definition) is 4. The van der Waals surface area contributed by atoms with Crippen LogP contribution in [0.4, 0.5) is 5.69 Å². The van der Waals surface area contributed by atoms with Gasteiger partial charge >= 0.3 is 0 Å². The predicted octanol–water partition coefficient (Wildman–Crippen LogP) is 1.19. The number of carbonyl (C=O) groups excluding carboxylic acids is 1. The molecule has 4 rings (SSSR count). The first-order valence-corrected chi connectivity index (χ1v) is 10.8. The summed E-state index contributed by atoms with van der Waals surface area (Å²) in [6.45, 7) is 0.287. The zero-order valence-corrected chi connectivity index (χ0v) is 18.7. The van der Waals surface area contributed by atoms with Crippen LogP contribution < -0.4 is 25.0 Å². The third-order valence-electron chi connectivity index (χ3n) is 6.18. The quantitative estimate of drug-likeness (QED) is 0.480. The summed E-state index contributed by atoms with van der Waals surface area (Å²) in [5.41, 5.74) is 1.63. The average molecular weight is 458 g/mol. The van der Waals surface area contributed by atoms with Crippen molar-refractivity contribution in [2.24, 2.45) is 5.92 Å². The summed E-state index contributed by atoms with van der Waals surface area (Å²) in [6, 6.07) is 13.8. The first-order chi connectivity index (χ1) is 15.4. The molecule has 5 atom stereocenters. The van der Waals surface area contributed by atoms with Gasteiger partial charge in [-0.25, -0.2) is 0 Å². The number of aliphatic hydroxyl groups excluding tert-OH is 2. The molecule has 0 spiro atoms. The van der Waals surface area contributed by atoms with Crippen molar-refractivity contribution in [2.75, 3.05) is 19.1 Å². The number of fused-ring (bicyclic) bond motifs is 1. The van der Waals surface area contributed by atoms with Crippen LogP contribution in [0.25, 0.3) is 0 Å². The van der Waals surface area contributed by atoms with E-state index in [2.05, 4.69) is 10.6 Å². The number of aliphatic hydroxyl groups is 2. The van der Waals surface area contributed by atoms with Gasteiger partial charge < -0.3 is 35.2 Å². The Bertz CT molecular complexity index is 986. The molecule has 1 heterocycles. The predicted molar refractivity (Wildman–Crippen MR) is 124 cm³/mol. The number of hydrogen-bond acceptors (Lipinski definition) is 6. The number of carbonyl (C=O) groups is 1. The summed E-state index contributed by atoms with van der Waals surface area (Å²) in [5.74, 6) is 0.576. The van der Waals surface area contributed by atoms with Gasteiger partial charge in [0.15, 0.2) is 5.11 Å². The number of nitrogens with one attached hydrogen (secondary N) is 2.